The van der Waals surface area contributed by atoms with Gasteiger partial charge in [0, 0.05) is 32.3 Å². The van der Waals surface area contributed by atoms with Gasteiger partial charge in [-0.25, -0.2) is 4.79 Å². The smallest absolute Gasteiger partial charge is 0.331 e. The molecule has 48 heavy (non-hydrogen) atoms. The van der Waals surface area contributed by atoms with E-state index in [-0.39, 0.29) is 35.3 Å². The van der Waals surface area contributed by atoms with Crippen LogP contribution in [0.5, 0.6) is 0 Å². The Morgan fingerprint density at radius 2 is 1.77 bits per heavy atom. The number of amides is 2. The Kier molecular flexibility index (Phi) is 10.3. The van der Waals surface area contributed by atoms with Gasteiger partial charge in [-0.3, -0.25) is 23.5 Å². The third-order valence-corrected chi connectivity index (χ3v) is 11.6. The minimum Gasteiger partial charge on any atom is -0.393 e. The van der Waals surface area contributed by atoms with Gasteiger partial charge in [-0.1, -0.05) is 68.3 Å². The van der Waals surface area contributed by atoms with E-state index in [4.69, 9.17) is 0 Å². The zero-order valence-corrected chi connectivity index (χ0v) is 29.1. The van der Waals surface area contributed by atoms with Gasteiger partial charge in [0.25, 0.3) is 5.56 Å². The Hall–Kier alpha value is -3.79. The van der Waals surface area contributed by atoms with Crippen LogP contribution in [0, 0.1) is 35.4 Å². The Morgan fingerprint density at radius 3 is 2.46 bits per heavy atom. The number of benzene rings is 1. The average molecular weight is 663 g/mol. The van der Waals surface area contributed by atoms with Gasteiger partial charge in [-0.05, 0) is 80.6 Å². The molecule has 2 saturated carbocycles. The molecule has 5 rings (SSSR count). The van der Waals surface area contributed by atoms with Gasteiger partial charge >= 0.3 is 5.69 Å². The lowest BCUT2D eigenvalue weighted by Crippen LogP contribution is -2.54. The van der Waals surface area contributed by atoms with Gasteiger partial charge in [0.05, 0.1) is 18.8 Å². The summed E-state index contributed by atoms with van der Waals surface area (Å²) < 4.78 is 16.3. The number of piperazine rings is 1. The predicted octanol–water partition coefficient (Wildman–Crippen LogP) is 4.67. The van der Waals surface area contributed by atoms with Crippen molar-refractivity contribution in [1.82, 2.24) is 18.9 Å². The summed E-state index contributed by atoms with van der Waals surface area (Å²) in [6.07, 6.45) is 7.76. The first-order chi connectivity index (χ1) is 22.6. The highest BCUT2D eigenvalue weighted by Crippen LogP contribution is 2.61. The van der Waals surface area contributed by atoms with Crippen LogP contribution in [0.15, 0.2) is 63.9 Å². The van der Waals surface area contributed by atoms with E-state index in [1.54, 1.807) is 28.0 Å². The maximum absolute atomic E-state index is 14.6. The summed E-state index contributed by atoms with van der Waals surface area (Å²) in [7, 11) is 0. The number of rotatable bonds is 8. The molecule has 2 heterocycles. The van der Waals surface area contributed by atoms with Crippen molar-refractivity contribution >= 4 is 11.8 Å². The fourth-order valence-corrected chi connectivity index (χ4v) is 8.73. The van der Waals surface area contributed by atoms with E-state index in [9.17, 15) is 28.7 Å². The Bertz CT molecular complexity index is 1720. The van der Waals surface area contributed by atoms with E-state index in [2.05, 4.69) is 27.4 Å². The minimum atomic E-state index is -1.10. The van der Waals surface area contributed by atoms with Crippen LogP contribution in [-0.4, -0.2) is 68.1 Å². The lowest BCUT2D eigenvalue weighted by Gasteiger charge is -2.59. The van der Waals surface area contributed by atoms with E-state index >= 15 is 0 Å². The van der Waals surface area contributed by atoms with Crippen molar-refractivity contribution in [3.05, 3.63) is 92.0 Å². The van der Waals surface area contributed by atoms with E-state index in [0.29, 0.717) is 43.6 Å². The Morgan fingerprint density at radius 1 is 1.08 bits per heavy atom. The molecule has 4 atom stereocenters. The topological polar surface area (TPSA) is 105 Å². The van der Waals surface area contributed by atoms with Crippen LogP contribution in [-0.2, 0) is 22.7 Å². The van der Waals surface area contributed by atoms with Crippen molar-refractivity contribution < 1.29 is 19.1 Å². The molecule has 260 valence electrons. The molecule has 10 heteroatoms. The SMILES string of the molecule is C=C1CC[C@@H]2C(C)(C)[C@H](O)CC[C@@]2(C)[C@@H]1CC/C(C)=C/C(=O)N1CCN(C(=O)Cn2cc(F)c(=O)n(Cc3cccc(C)c3)c2=O)CC1. The lowest BCUT2D eigenvalue weighted by atomic mass is 9.46. The highest BCUT2D eigenvalue weighted by atomic mass is 19.1. The number of halogens is 1. The van der Waals surface area contributed by atoms with Crippen molar-refractivity contribution in [1.29, 1.82) is 0 Å². The number of carbonyl (C=O) groups excluding carboxylic acids is 2. The second-order valence-corrected chi connectivity index (χ2v) is 15.2. The van der Waals surface area contributed by atoms with Gasteiger partial charge in [0.1, 0.15) is 6.54 Å². The molecule has 0 bridgehead atoms. The van der Waals surface area contributed by atoms with Crippen LogP contribution >= 0.6 is 0 Å². The summed E-state index contributed by atoms with van der Waals surface area (Å²) in [5.41, 5.74) is 2.09. The predicted molar refractivity (Wildman–Crippen MR) is 184 cm³/mol. The van der Waals surface area contributed by atoms with E-state index in [1.807, 2.05) is 26.0 Å². The first kappa shape index (κ1) is 35.5. The molecule has 0 unspecified atom stereocenters. The molecular formula is C38H51FN4O5. The average Bonchev–Trinajstić information content (AvgIpc) is 3.03. The molecule has 1 aromatic carbocycles. The van der Waals surface area contributed by atoms with Crippen LogP contribution in [0.25, 0.3) is 0 Å². The molecule has 1 aromatic heterocycles. The number of carbonyl (C=O) groups is 2. The van der Waals surface area contributed by atoms with E-state index in [1.165, 1.54) is 5.57 Å². The van der Waals surface area contributed by atoms with Crippen molar-refractivity contribution in [3.8, 4) is 0 Å². The summed E-state index contributed by atoms with van der Waals surface area (Å²) >= 11 is 0. The molecule has 1 aliphatic heterocycles. The Labute approximate surface area is 282 Å². The highest BCUT2D eigenvalue weighted by Gasteiger charge is 2.55. The van der Waals surface area contributed by atoms with Crippen LogP contribution in [0.1, 0.15) is 77.3 Å². The molecule has 1 saturated heterocycles. The number of hydrogen-bond donors (Lipinski definition) is 1. The number of nitrogens with zero attached hydrogens (tertiary/aromatic N) is 4. The molecule has 3 fully saturated rings. The largest absolute Gasteiger partial charge is 0.393 e. The monoisotopic (exact) mass is 662 g/mol. The maximum Gasteiger partial charge on any atom is 0.331 e. The summed E-state index contributed by atoms with van der Waals surface area (Å²) in [5.74, 6) is -0.796. The van der Waals surface area contributed by atoms with Gasteiger partial charge < -0.3 is 14.9 Å². The molecule has 2 aromatic rings. The second-order valence-electron chi connectivity index (χ2n) is 15.2. The molecule has 3 aliphatic rings. The van der Waals surface area contributed by atoms with Crippen LogP contribution in [0.4, 0.5) is 4.39 Å². The normalized spacial score (nSPS) is 25.9. The van der Waals surface area contributed by atoms with Gasteiger partial charge in [0.2, 0.25) is 17.6 Å². The van der Waals surface area contributed by atoms with Crippen molar-refractivity contribution in [3.63, 3.8) is 0 Å². The van der Waals surface area contributed by atoms with Crippen LogP contribution in [0.3, 0.4) is 0 Å². The number of allylic oxidation sites excluding steroid dienone is 2. The standard InChI is InChI=1S/C38H51FN4O5/c1-25-8-7-9-28(20-25)22-43-35(47)30(39)23-42(36(43)48)24-34(46)41-18-16-40(17-19-41)33(45)21-26(2)10-12-29-27(3)11-13-31-37(4,5)32(44)14-15-38(29,31)6/h7-9,20-21,23,29,31-32,44H,3,10-19,22,24H2,1-2,4-6H3/b26-21+/t29-,31-,32-,38+/m1/s1. The second kappa shape index (κ2) is 14.0. The summed E-state index contributed by atoms with van der Waals surface area (Å²) in [6, 6.07) is 7.25. The van der Waals surface area contributed by atoms with Crippen molar-refractivity contribution in [2.75, 3.05) is 26.2 Å². The molecule has 2 aliphatic carbocycles. The summed E-state index contributed by atoms with van der Waals surface area (Å²) in [4.78, 5) is 55.2. The maximum atomic E-state index is 14.6. The number of aliphatic hydroxyl groups is 1. The van der Waals surface area contributed by atoms with Gasteiger partial charge in [0.15, 0.2) is 0 Å². The fourth-order valence-electron chi connectivity index (χ4n) is 8.73. The van der Waals surface area contributed by atoms with Crippen molar-refractivity contribution in [2.45, 2.75) is 92.3 Å². The van der Waals surface area contributed by atoms with E-state index < -0.39 is 23.6 Å². The first-order valence-corrected chi connectivity index (χ1v) is 17.3. The fraction of sp³-hybridized carbons (Fsp3) is 0.579. The third kappa shape index (κ3) is 7.14. The first-order valence-electron chi connectivity index (χ1n) is 17.3. The number of fused-ring (bicyclic) bond motifs is 1. The number of hydrogen-bond acceptors (Lipinski definition) is 5. The summed E-state index contributed by atoms with van der Waals surface area (Å²) in [6.45, 7) is 15.9. The minimum absolute atomic E-state index is 0.0838. The third-order valence-electron chi connectivity index (χ3n) is 11.6. The lowest BCUT2D eigenvalue weighted by molar-refractivity contribution is -0.137. The van der Waals surface area contributed by atoms with Gasteiger partial charge in [-0.15, -0.1) is 0 Å². The van der Waals surface area contributed by atoms with Crippen LogP contribution in [0.2, 0.25) is 0 Å². The quantitative estimate of drug-likeness (QED) is 0.327. The number of aromatic nitrogens is 2. The Balaban J connectivity index is 1.16. The van der Waals surface area contributed by atoms with Crippen LogP contribution < -0.4 is 11.2 Å². The molecular weight excluding hydrogens is 611 g/mol. The number of aryl methyl sites for hydroxylation is 1. The van der Waals surface area contributed by atoms with Gasteiger partial charge in [-0.2, -0.15) is 4.39 Å². The molecule has 2 amide bonds. The molecule has 0 spiro atoms. The van der Waals surface area contributed by atoms with E-state index in [0.717, 1.165) is 65.0 Å². The zero-order valence-electron chi connectivity index (χ0n) is 29.1. The zero-order chi connectivity index (χ0) is 35.0. The summed E-state index contributed by atoms with van der Waals surface area (Å²) in [5, 5.41) is 10.8. The highest BCUT2D eigenvalue weighted by molar-refractivity contribution is 5.88. The molecule has 1 N–H and O–H groups in total. The number of aliphatic hydroxyl groups excluding tert-OH is 1. The molecule has 9 nitrogen and oxygen atoms in total. The van der Waals surface area contributed by atoms with Crippen molar-refractivity contribution in [2.24, 2.45) is 22.7 Å². The molecule has 0 radical (unpaired) electrons.